The molecule has 0 aliphatic carbocycles. The Bertz CT molecular complexity index is 570. The molecule has 0 bridgehead atoms. The molecular weight excluding hydrogens is 248 g/mol. The fourth-order valence-corrected chi connectivity index (χ4v) is 2.05. The van der Waals surface area contributed by atoms with E-state index in [-0.39, 0.29) is 5.91 Å². The van der Waals surface area contributed by atoms with Gasteiger partial charge in [-0.25, -0.2) is 4.98 Å². The second-order valence-corrected chi connectivity index (χ2v) is 4.80. The van der Waals surface area contributed by atoms with Gasteiger partial charge in [-0.3, -0.25) is 9.89 Å². The number of thiazole rings is 1. The van der Waals surface area contributed by atoms with Crippen molar-refractivity contribution < 1.29 is 4.79 Å². The Balaban J connectivity index is 1.99. The number of H-pyrrole nitrogens is 1. The summed E-state index contributed by atoms with van der Waals surface area (Å²) in [6.07, 6.45) is 5.69. The molecule has 6 heteroatoms. The maximum Gasteiger partial charge on any atom is 0.249 e. The highest BCUT2D eigenvalue weighted by molar-refractivity contribution is 7.09. The second-order valence-electron chi connectivity index (χ2n) is 3.74. The van der Waals surface area contributed by atoms with Crippen molar-refractivity contribution >= 4 is 29.1 Å². The van der Waals surface area contributed by atoms with Gasteiger partial charge in [0.25, 0.3) is 0 Å². The lowest BCUT2D eigenvalue weighted by molar-refractivity contribution is -0.111. The maximum atomic E-state index is 11.7. The predicted octanol–water partition coefficient (Wildman–Crippen LogP) is 2.39. The topological polar surface area (TPSA) is 70.7 Å². The van der Waals surface area contributed by atoms with E-state index >= 15 is 0 Å². The van der Waals surface area contributed by atoms with Gasteiger partial charge in [0.15, 0.2) is 0 Å². The van der Waals surface area contributed by atoms with Gasteiger partial charge in [0.05, 0.1) is 16.9 Å². The zero-order valence-electron chi connectivity index (χ0n) is 10.2. The van der Waals surface area contributed by atoms with Gasteiger partial charge in [0.1, 0.15) is 5.82 Å². The molecule has 0 spiro atoms. The summed E-state index contributed by atoms with van der Waals surface area (Å²) in [5.74, 6) is 0.459. The minimum atomic E-state index is -0.195. The molecule has 0 fully saturated rings. The first-order valence-electron chi connectivity index (χ1n) is 5.62. The lowest BCUT2D eigenvalue weighted by Crippen LogP contribution is -2.09. The van der Waals surface area contributed by atoms with Crippen LogP contribution in [-0.4, -0.2) is 21.1 Å². The van der Waals surface area contributed by atoms with Crippen LogP contribution in [0.5, 0.6) is 0 Å². The fraction of sp³-hybridized carbons (Fsp3) is 0.250. The highest BCUT2D eigenvalue weighted by Crippen LogP contribution is 2.12. The lowest BCUT2D eigenvalue weighted by Gasteiger charge is -2.00. The number of aryl methyl sites for hydroxylation is 2. The zero-order valence-corrected chi connectivity index (χ0v) is 11.0. The van der Waals surface area contributed by atoms with Crippen LogP contribution in [0.3, 0.4) is 0 Å². The summed E-state index contributed by atoms with van der Waals surface area (Å²) in [7, 11) is 0. The molecule has 0 saturated heterocycles. The summed E-state index contributed by atoms with van der Waals surface area (Å²) in [5, 5.41) is 12.3. The van der Waals surface area contributed by atoms with Gasteiger partial charge in [0, 0.05) is 17.0 Å². The van der Waals surface area contributed by atoms with Crippen molar-refractivity contribution in [2.45, 2.75) is 20.3 Å². The highest BCUT2D eigenvalue weighted by atomic mass is 32.1. The average Bonchev–Trinajstić information content (AvgIpc) is 2.95. The second kappa shape index (κ2) is 5.59. The van der Waals surface area contributed by atoms with E-state index in [1.54, 1.807) is 23.6 Å². The van der Waals surface area contributed by atoms with Gasteiger partial charge in [-0.15, -0.1) is 11.3 Å². The first-order valence-corrected chi connectivity index (χ1v) is 6.50. The standard InChI is InChI=1S/C12H14N4OS/c1-3-9-6-13-16-12(9)15-11(17)5-4-10-7-18-8(2)14-10/h4-7H,3H2,1-2H3,(H2,13,15,16,17)/b5-4+. The molecule has 0 aliphatic rings. The molecule has 0 aromatic carbocycles. The number of carbonyl (C=O) groups excluding carboxylic acids is 1. The first-order chi connectivity index (χ1) is 8.69. The van der Waals surface area contributed by atoms with E-state index < -0.39 is 0 Å². The van der Waals surface area contributed by atoms with E-state index in [0.717, 1.165) is 22.7 Å². The van der Waals surface area contributed by atoms with Crippen LogP contribution in [0.2, 0.25) is 0 Å². The van der Waals surface area contributed by atoms with E-state index in [0.29, 0.717) is 5.82 Å². The normalized spacial score (nSPS) is 11.0. The van der Waals surface area contributed by atoms with Crippen molar-refractivity contribution in [3.8, 4) is 0 Å². The Morgan fingerprint density at radius 1 is 1.61 bits per heavy atom. The smallest absolute Gasteiger partial charge is 0.249 e. The Morgan fingerprint density at radius 2 is 2.44 bits per heavy atom. The molecule has 0 saturated carbocycles. The van der Waals surface area contributed by atoms with Crippen LogP contribution in [0.4, 0.5) is 5.82 Å². The predicted molar refractivity (Wildman–Crippen MR) is 72.5 cm³/mol. The summed E-state index contributed by atoms with van der Waals surface area (Å²) in [6, 6.07) is 0. The maximum absolute atomic E-state index is 11.7. The monoisotopic (exact) mass is 262 g/mol. The largest absolute Gasteiger partial charge is 0.307 e. The van der Waals surface area contributed by atoms with E-state index in [4.69, 9.17) is 0 Å². The molecular formula is C12H14N4OS. The van der Waals surface area contributed by atoms with E-state index in [1.807, 2.05) is 19.2 Å². The average molecular weight is 262 g/mol. The van der Waals surface area contributed by atoms with Gasteiger partial charge >= 0.3 is 0 Å². The van der Waals surface area contributed by atoms with Crippen molar-refractivity contribution in [1.82, 2.24) is 15.2 Å². The fourth-order valence-electron chi connectivity index (χ4n) is 1.47. The summed E-state index contributed by atoms with van der Waals surface area (Å²) < 4.78 is 0. The number of hydrogen-bond acceptors (Lipinski definition) is 4. The Morgan fingerprint density at radius 3 is 3.11 bits per heavy atom. The van der Waals surface area contributed by atoms with E-state index in [2.05, 4.69) is 20.5 Å². The Labute approximate surface area is 109 Å². The third kappa shape index (κ3) is 3.04. The molecule has 2 N–H and O–H groups in total. The number of hydrogen-bond donors (Lipinski definition) is 2. The minimum Gasteiger partial charge on any atom is -0.307 e. The number of nitrogens with zero attached hydrogens (tertiary/aromatic N) is 2. The molecule has 18 heavy (non-hydrogen) atoms. The number of anilines is 1. The molecule has 94 valence electrons. The van der Waals surface area contributed by atoms with E-state index in [9.17, 15) is 4.79 Å². The SMILES string of the molecule is CCc1cn[nH]c1NC(=O)/C=C/c1csc(C)n1. The van der Waals surface area contributed by atoms with Crippen molar-refractivity contribution in [2.24, 2.45) is 0 Å². The van der Waals surface area contributed by atoms with Crippen LogP contribution in [0, 0.1) is 6.92 Å². The van der Waals surface area contributed by atoms with Crippen molar-refractivity contribution in [2.75, 3.05) is 5.32 Å². The van der Waals surface area contributed by atoms with Gasteiger partial charge in [-0.05, 0) is 19.4 Å². The molecule has 2 heterocycles. The van der Waals surface area contributed by atoms with Crippen LogP contribution >= 0.6 is 11.3 Å². The molecule has 0 aliphatic heterocycles. The molecule has 2 rings (SSSR count). The van der Waals surface area contributed by atoms with Crippen molar-refractivity contribution in [1.29, 1.82) is 0 Å². The number of aromatic nitrogens is 3. The first kappa shape index (κ1) is 12.5. The molecule has 2 aromatic rings. The molecule has 0 unspecified atom stereocenters. The number of amides is 1. The molecule has 0 atom stereocenters. The number of nitrogens with one attached hydrogen (secondary N) is 2. The van der Waals surface area contributed by atoms with Gasteiger partial charge < -0.3 is 5.32 Å². The van der Waals surface area contributed by atoms with E-state index in [1.165, 1.54) is 6.08 Å². The van der Waals surface area contributed by atoms with Crippen molar-refractivity contribution in [3.05, 3.63) is 33.9 Å². The van der Waals surface area contributed by atoms with Crippen molar-refractivity contribution in [3.63, 3.8) is 0 Å². The number of rotatable bonds is 4. The van der Waals surface area contributed by atoms with Gasteiger partial charge in [-0.2, -0.15) is 5.10 Å². The summed E-state index contributed by atoms with van der Waals surface area (Å²) >= 11 is 1.56. The summed E-state index contributed by atoms with van der Waals surface area (Å²) in [6.45, 7) is 3.94. The molecule has 2 aromatic heterocycles. The zero-order chi connectivity index (χ0) is 13.0. The van der Waals surface area contributed by atoms with Crippen LogP contribution in [0.15, 0.2) is 17.7 Å². The highest BCUT2D eigenvalue weighted by Gasteiger charge is 2.05. The molecule has 1 amide bonds. The number of aromatic amines is 1. The third-order valence-corrected chi connectivity index (χ3v) is 3.18. The van der Waals surface area contributed by atoms with Crippen LogP contribution in [0.1, 0.15) is 23.2 Å². The molecule has 5 nitrogen and oxygen atoms in total. The van der Waals surface area contributed by atoms with Gasteiger partial charge in [-0.1, -0.05) is 6.92 Å². The van der Waals surface area contributed by atoms with Gasteiger partial charge in [0.2, 0.25) is 5.91 Å². The third-order valence-electron chi connectivity index (χ3n) is 2.39. The van der Waals surface area contributed by atoms with Crippen LogP contribution < -0.4 is 5.32 Å². The summed E-state index contributed by atoms with van der Waals surface area (Å²) in [4.78, 5) is 15.9. The Hall–Kier alpha value is -1.95. The van der Waals surface area contributed by atoms with Crippen LogP contribution in [-0.2, 0) is 11.2 Å². The summed E-state index contributed by atoms with van der Waals surface area (Å²) in [5.41, 5.74) is 1.79. The number of carbonyl (C=O) groups is 1. The Kier molecular flexibility index (Phi) is 3.88. The quantitative estimate of drug-likeness (QED) is 0.831. The van der Waals surface area contributed by atoms with Crippen LogP contribution in [0.25, 0.3) is 6.08 Å². The minimum absolute atomic E-state index is 0.195. The lowest BCUT2D eigenvalue weighted by atomic mass is 10.2. The molecule has 0 radical (unpaired) electrons.